The SMILES string of the molecule is Nc1cncc(N2CCC(OCCO)CC2)c1. The molecule has 2 heterocycles. The lowest BCUT2D eigenvalue weighted by Crippen LogP contribution is -2.37. The summed E-state index contributed by atoms with van der Waals surface area (Å²) >= 11 is 0. The lowest BCUT2D eigenvalue weighted by atomic mass is 10.1. The van der Waals surface area contributed by atoms with E-state index in [0.29, 0.717) is 12.3 Å². The molecule has 1 aliphatic rings. The molecule has 0 spiro atoms. The molecule has 1 saturated heterocycles. The first-order valence-corrected chi connectivity index (χ1v) is 5.97. The number of nitrogens with zero attached hydrogens (tertiary/aromatic N) is 2. The maximum Gasteiger partial charge on any atom is 0.0701 e. The van der Waals surface area contributed by atoms with Crippen molar-refractivity contribution in [2.24, 2.45) is 0 Å². The van der Waals surface area contributed by atoms with Crippen molar-refractivity contribution in [3.63, 3.8) is 0 Å². The first kappa shape index (κ1) is 12.1. The van der Waals surface area contributed by atoms with Crippen LogP contribution in [0.5, 0.6) is 0 Å². The highest BCUT2D eigenvalue weighted by Crippen LogP contribution is 2.21. The molecule has 1 aromatic rings. The molecule has 2 rings (SSSR count). The fourth-order valence-electron chi connectivity index (χ4n) is 2.12. The van der Waals surface area contributed by atoms with E-state index in [4.69, 9.17) is 15.6 Å². The number of ether oxygens (including phenoxy) is 1. The number of rotatable bonds is 4. The maximum atomic E-state index is 8.70. The molecule has 5 heteroatoms. The molecule has 94 valence electrons. The molecule has 0 amide bonds. The number of piperidine rings is 1. The second-order valence-corrected chi connectivity index (χ2v) is 4.26. The van der Waals surface area contributed by atoms with E-state index < -0.39 is 0 Å². The van der Waals surface area contributed by atoms with Crippen LogP contribution in [0.4, 0.5) is 11.4 Å². The lowest BCUT2D eigenvalue weighted by Gasteiger charge is -2.33. The van der Waals surface area contributed by atoms with Crippen LogP contribution in [0, 0.1) is 0 Å². The van der Waals surface area contributed by atoms with Crippen molar-refractivity contribution in [1.82, 2.24) is 4.98 Å². The number of nitrogens with two attached hydrogens (primary N) is 1. The van der Waals surface area contributed by atoms with E-state index in [1.165, 1.54) is 0 Å². The van der Waals surface area contributed by atoms with Gasteiger partial charge in [-0.15, -0.1) is 0 Å². The molecule has 1 fully saturated rings. The van der Waals surface area contributed by atoms with Crippen LogP contribution in [0.3, 0.4) is 0 Å². The van der Waals surface area contributed by atoms with Gasteiger partial charge in [-0.05, 0) is 18.9 Å². The van der Waals surface area contributed by atoms with Crippen molar-refractivity contribution in [3.8, 4) is 0 Å². The fraction of sp³-hybridized carbons (Fsp3) is 0.583. The molecule has 0 atom stereocenters. The highest BCUT2D eigenvalue weighted by molar-refractivity contribution is 5.53. The Hall–Kier alpha value is -1.33. The largest absolute Gasteiger partial charge is 0.397 e. The Morgan fingerprint density at radius 3 is 2.82 bits per heavy atom. The summed E-state index contributed by atoms with van der Waals surface area (Å²) in [6, 6.07) is 1.95. The molecule has 0 aliphatic carbocycles. The number of aliphatic hydroxyl groups excluding tert-OH is 1. The van der Waals surface area contributed by atoms with Gasteiger partial charge in [0.2, 0.25) is 0 Å². The number of hydrogen-bond acceptors (Lipinski definition) is 5. The van der Waals surface area contributed by atoms with Gasteiger partial charge >= 0.3 is 0 Å². The van der Waals surface area contributed by atoms with Gasteiger partial charge in [0.05, 0.1) is 36.9 Å². The molecule has 0 unspecified atom stereocenters. The smallest absolute Gasteiger partial charge is 0.0701 e. The monoisotopic (exact) mass is 237 g/mol. The normalized spacial score (nSPS) is 17.4. The number of aliphatic hydroxyl groups is 1. The second-order valence-electron chi connectivity index (χ2n) is 4.26. The van der Waals surface area contributed by atoms with Gasteiger partial charge in [0.25, 0.3) is 0 Å². The average molecular weight is 237 g/mol. The number of pyridine rings is 1. The van der Waals surface area contributed by atoms with Crippen LogP contribution in [0.1, 0.15) is 12.8 Å². The van der Waals surface area contributed by atoms with Gasteiger partial charge in [0.15, 0.2) is 0 Å². The molecule has 0 bridgehead atoms. The van der Waals surface area contributed by atoms with Crippen LogP contribution in [-0.2, 0) is 4.74 Å². The van der Waals surface area contributed by atoms with Gasteiger partial charge < -0.3 is 20.5 Å². The van der Waals surface area contributed by atoms with Crippen molar-refractivity contribution < 1.29 is 9.84 Å². The van der Waals surface area contributed by atoms with E-state index in [0.717, 1.165) is 31.6 Å². The van der Waals surface area contributed by atoms with Gasteiger partial charge in [-0.3, -0.25) is 4.98 Å². The van der Waals surface area contributed by atoms with Crippen molar-refractivity contribution in [1.29, 1.82) is 0 Å². The number of hydrogen-bond donors (Lipinski definition) is 2. The van der Waals surface area contributed by atoms with Crippen LogP contribution in [0.15, 0.2) is 18.5 Å². The summed E-state index contributed by atoms with van der Waals surface area (Å²) in [6.07, 6.45) is 5.72. The molecular formula is C12H19N3O2. The number of nitrogen functional groups attached to an aromatic ring is 1. The average Bonchev–Trinajstić information content (AvgIpc) is 2.37. The molecular weight excluding hydrogens is 218 g/mol. The molecule has 3 N–H and O–H groups in total. The standard InChI is InChI=1S/C12H19N3O2/c13-10-7-11(9-14-8-10)15-3-1-12(2-4-15)17-6-5-16/h7-9,12,16H,1-6,13H2. The summed E-state index contributed by atoms with van der Waals surface area (Å²) in [5.41, 5.74) is 7.49. The minimum atomic E-state index is 0.0966. The Bertz CT molecular complexity index is 351. The highest BCUT2D eigenvalue weighted by Gasteiger charge is 2.19. The molecule has 1 aliphatic heterocycles. The lowest BCUT2D eigenvalue weighted by molar-refractivity contribution is 0.0159. The third kappa shape index (κ3) is 3.31. The highest BCUT2D eigenvalue weighted by atomic mass is 16.5. The van der Waals surface area contributed by atoms with E-state index in [1.807, 2.05) is 12.3 Å². The van der Waals surface area contributed by atoms with E-state index in [9.17, 15) is 0 Å². The van der Waals surface area contributed by atoms with Gasteiger partial charge in [0.1, 0.15) is 0 Å². The predicted molar refractivity (Wildman–Crippen MR) is 66.9 cm³/mol. The van der Waals surface area contributed by atoms with Gasteiger partial charge in [-0.1, -0.05) is 0 Å². The Labute approximate surface area is 101 Å². The molecule has 17 heavy (non-hydrogen) atoms. The quantitative estimate of drug-likeness (QED) is 0.804. The minimum absolute atomic E-state index is 0.0966. The summed E-state index contributed by atoms with van der Waals surface area (Å²) in [5.74, 6) is 0. The summed E-state index contributed by atoms with van der Waals surface area (Å²) in [4.78, 5) is 6.36. The van der Waals surface area contributed by atoms with Crippen molar-refractivity contribution in [3.05, 3.63) is 18.5 Å². The first-order valence-electron chi connectivity index (χ1n) is 5.97. The molecule has 5 nitrogen and oxygen atoms in total. The fourth-order valence-corrected chi connectivity index (χ4v) is 2.12. The van der Waals surface area contributed by atoms with E-state index >= 15 is 0 Å². The topological polar surface area (TPSA) is 71.6 Å². The third-order valence-electron chi connectivity index (χ3n) is 3.00. The Kier molecular flexibility index (Phi) is 4.17. The van der Waals surface area contributed by atoms with Crippen LogP contribution in [0.2, 0.25) is 0 Å². The van der Waals surface area contributed by atoms with Crippen molar-refractivity contribution >= 4 is 11.4 Å². The zero-order chi connectivity index (χ0) is 12.1. The minimum Gasteiger partial charge on any atom is -0.397 e. The zero-order valence-electron chi connectivity index (χ0n) is 9.88. The van der Waals surface area contributed by atoms with E-state index in [1.54, 1.807) is 6.20 Å². The van der Waals surface area contributed by atoms with E-state index in [2.05, 4.69) is 9.88 Å². The van der Waals surface area contributed by atoms with E-state index in [-0.39, 0.29) is 12.7 Å². The molecule has 0 aromatic carbocycles. The Morgan fingerprint density at radius 2 is 2.18 bits per heavy atom. The molecule has 0 radical (unpaired) electrons. The maximum absolute atomic E-state index is 8.70. The number of anilines is 2. The first-order chi connectivity index (χ1) is 8.29. The predicted octanol–water partition coefficient (Wildman–Crippen LogP) is 0.641. The second kappa shape index (κ2) is 5.84. The summed E-state index contributed by atoms with van der Waals surface area (Å²) in [5, 5.41) is 8.70. The Morgan fingerprint density at radius 1 is 1.41 bits per heavy atom. The van der Waals surface area contributed by atoms with Crippen LogP contribution in [0.25, 0.3) is 0 Å². The van der Waals surface area contributed by atoms with Gasteiger partial charge in [-0.2, -0.15) is 0 Å². The van der Waals surface area contributed by atoms with Crippen LogP contribution >= 0.6 is 0 Å². The van der Waals surface area contributed by atoms with Crippen LogP contribution < -0.4 is 10.6 Å². The third-order valence-corrected chi connectivity index (χ3v) is 3.00. The zero-order valence-corrected chi connectivity index (χ0v) is 9.88. The van der Waals surface area contributed by atoms with Crippen molar-refractivity contribution in [2.45, 2.75) is 18.9 Å². The van der Waals surface area contributed by atoms with Crippen LogP contribution in [-0.4, -0.2) is 42.5 Å². The summed E-state index contributed by atoms with van der Waals surface area (Å²) in [7, 11) is 0. The Balaban J connectivity index is 1.86. The van der Waals surface area contributed by atoms with Gasteiger partial charge in [-0.25, -0.2) is 0 Å². The van der Waals surface area contributed by atoms with Gasteiger partial charge in [0, 0.05) is 19.3 Å². The van der Waals surface area contributed by atoms with Crippen molar-refractivity contribution in [2.75, 3.05) is 36.9 Å². The summed E-state index contributed by atoms with van der Waals surface area (Å²) < 4.78 is 5.52. The molecule has 1 aromatic heterocycles. The number of aromatic nitrogens is 1. The summed E-state index contributed by atoms with van der Waals surface area (Å²) in [6.45, 7) is 2.42. The molecule has 0 saturated carbocycles.